The molecule has 5 heterocycles. The van der Waals surface area contributed by atoms with Gasteiger partial charge in [0.25, 0.3) is 0 Å². The standard InChI is InChI=1S/Si10/c1-2-5-3(1)7-8-4(1)6(2)10(8)9(5)7. The molecule has 0 atom stereocenters. The van der Waals surface area contributed by atoms with Crippen molar-refractivity contribution in [3.8, 4) is 0 Å². The van der Waals surface area contributed by atoms with Gasteiger partial charge in [-0.2, -0.15) is 0 Å². The molecule has 0 bridgehead atoms. The van der Waals surface area contributed by atoms with Gasteiger partial charge in [-0.25, -0.2) is 0 Å². The molecule has 5 saturated heterocycles. The van der Waals surface area contributed by atoms with E-state index in [2.05, 4.69) is 0 Å². The van der Waals surface area contributed by atoms with E-state index in [1.54, 1.807) is 0 Å². The fourth-order valence-electron chi connectivity index (χ4n) is 3.44. The van der Waals surface area contributed by atoms with E-state index in [1.807, 2.05) is 0 Å². The lowest BCUT2D eigenvalue weighted by atomic mass is 25.5. The first-order valence-electron chi connectivity index (χ1n) is 3.75. The van der Waals surface area contributed by atoms with Crippen LogP contribution in [0.5, 0.6) is 0 Å². The Morgan fingerprint density at radius 1 is 0.200 bits per heavy atom. The summed E-state index contributed by atoms with van der Waals surface area (Å²) in [6, 6.07) is 0. The molecule has 0 aromatic rings. The van der Waals surface area contributed by atoms with E-state index in [0.717, 1.165) is 73.5 Å². The Hall–Kier alpha value is 2.17. The van der Waals surface area contributed by atoms with Gasteiger partial charge in [-0.1, -0.05) is 0 Å². The summed E-state index contributed by atoms with van der Waals surface area (Å²) in [6.07, 6.45) is 0. The van der Waals surface area contributed by atoms with Gasteiger partial charge in [0, 0.05) is 73.5 Å². The monoisotopic (exact) mass is 280 g/mol. The summed E-state index contributed by atoms with van der Waals surface area (Å²) in [7, 11) is 9.26. The SMILES string of the molecule is [Si]12[Si]3[Si]4[Si]1[Si]1[Si]2[Si]2[Si]3[Si]4[Si]12. The predicted octanol–water partition coefficient (Wildman–Crippen LogP) is -3.81. The zero-order valence-corrected chi connectivity index (χ0v) is 15.0. The van der Waals surface area contributed by atoms with Gasteiger partial charge in [-0.15, -0.1) is 0 Å². The molecule has 0 nitrogen and oxygen atoms in total. The van der Waals surface area contributed by atoms with Crippen LogP contribution in [0.3, 0.4) is 0 Å². The molecule has 5 aliphatic rings. The molecule has 5 fully saturated rings. The highest BCUT2D eigenvalue weighted by Crippen LogP contribution is 2.63. The van der Waals surface area contributed by atoms with Gasteiger partial charge in [0.15, 0.2) is 0 Å². The van der Waals surface area contributed by atoms with E-state index < -0.39 is 0 Å². The largest absolute Gasteiger partial charge is 0 e. The fourth-order valence-corrected chi connectivity index (χ4v) is 785. The van der Waals surface area contributed by atoms with Crippen LogP contribution in [0.4, 0.5) is 0 Å². The third-order valence-corrected chi connectivity index (χ3v) is 304. The highest BCUT2D eigenvalue weighted by atomic mass is 31.1. The third kappa shape index (κ3) is 0.221. The van der Waals surface area contributed by atoms with Crippen LogP contribution in [0.1, 0.15) is 0 Å². The topological polar surface area (TPSA) is 0 Å². The van der Waals surface area contributed by atoms with Crippen molar-refractivity contribution in [2.45, 2.75) is 0 Å². The Kier molecular flexibility index (Phi) is 0.575. The summed E-state index contributed by atoms with van der Waals surface area (Å²) in [6.45, 7) is 0. The Morgan fingerprint density at radius 3 is 0.400 bits per heavy atom. The zero-order valence-electron chi connectivity index (χ0n) is 5.00. The van der Waals surface area contributed by atoms with Crippen LogP contribution in [0.2, 0.25) is 0 Å². The number of rotatable bonds is 0. The Morgan fingerprint density at radius 2 is 0.300 bits per heavy atom. The van der Waals surface area contributed by atoms with Gasteiger partial charge in [0.05, 0.1) is 0 Å². The number of hydrogen-bond donors (Lipinski definition) is 0. The van der Waals surface area contributed by atoms with E-state index in [4.69, 9.17) is 0 Å². The van der Waals surface area contributed by atoms with Gasteiger partial charge in [-0.05, 0) is 0 Å². The molecular weight excluding hydrogens is 281 g/mol. The van der Waals surface area contributed by atoms with Crippen molar-refractivity contribution >= 4 is 73.5 Å². The van der Waals surface area contributed by atoms with Crippen molar-refractivity contribution in [3.63, 3.8) is 0 Å². The van der Waals surface area contributed by atoms with Gasteiger partial charge < -0.3 is 0 Å². The maximum absolute atomic E-state index is 0.926. The summed E-state index contributed by atoms with van der Waals surface area (Å²) in [4.78, 5) is 0. The second-order valence-corrected chi connectivity index (χ2v) is 101. The van der Waals surface area contributed by atoms with Crippen LogP contribution < -0.4 is 0 Å². The second kappa shape index (κ2) is 1.12. The highest BCUT2D eigenvalue weighted by molar-refractivity contribution is 8.76. The molecular formula is Si10. The van der Waals surface area contributed by atoms with Gasteiger partial charge >= 0.3 is 0 Å². The Labute approximate surface area is 72.9 Å². The molecule has 0 aliphatic carbocycles. The first-order valence-corrected chi connectivity index (χ1v) is 33.8. The molecule has 0 amide bonds. The quantitative estimate of drug-likeness (QED) is 0.399. The van der Waals surface area contributed by atoms with Crippen molar-refractivity contribution in [3.05, 3.63) is 0 Å². The average Bonchev–Trinajstić information content (AvgIpc) is 2.47. The summed E-state index contributed by atoms with van der Waals surface area (Å²) in [5, 5.41) is 0. The lowest BCUT2D eigenvalue weighted by molar-refractivity contribution is 3.14. The van der Waals surface area contributed by atoms with Crippen molar-refractivity contribution in [2.24, 2.45) is 0 Å². The smallest absolute Gasteiger partial charge is 0 e. The van der Waals surface area contributed by atoms with E-state index >= 15 is 0 Å². The normalized spacial score (nSPS) is 54.0. The molecule has 0 saturated carbocycles. The van der Waals surface area contributed by atoms with Crippen molar-refractivity contribution in [2.75, 3.05) is 0 Å². The molecule has 5 rings (SSSR count). The molecule has 0 spiro atoms. The van der Waals surface area contributed by atoms with Crippen molar-refractivity contribution < 1.29 is 0 Å². The van der Waals surface area contributed by atoms with Crippen LogP contribution in [-0.4, -0.2) is 73.5 Å². The average molecular weight is 281 g/mol. The van der Waals surface area contributed by atoms with Gasteiger partial charge in [0.1, 0.15) is 0 Å². The third-order valence-electron chi connectivity index (χ3n) is 3.75. The summed E-state index contributed by atoms with van der Waals surface area (Å²) >= 11 is 0. The molecule has 10 heteroatoms. The van der Waals surface area contributed by atoms with Crippen LogP contribution in [0.15, 0.2) is 0 Å². The first-order chi connectivity index (χ1) is 5.00. The lowest BCUT2D eigenvalue weighted by Gasteiger charge is -2.62. The molecule has 5 aliphatic heterocycles. The predicted molar refractivity (Wildman–Crippen MR) is 57.5 cm³/mol. The Bertz CT molecular complexity index is 147. The molecule has 40 valence electrons. The second-order valence-electron chi connectivity index (χ2n) is 3.75. The minimum Gasteiger partial charge on any atom is 0 e. The van der Waals surface area contributed by atoms with E-state index in [0.29, 0.717) is 0 Å². The van der Waals surface area contributed by atoms with Crippen LogP contribution >= 0.6 is 0 Å². The maximum Gasteiger partial charge on any atom is 0 e. The van der Waals surface area contributed by atoms with Crippen molar-refractivity contribution in [1.29, 1.82) is 0 Å². The summed E-state index contributed by atoms with van der Waals surface area (Å²) in [5.41, 5.74) is 0. The fraction of sp³-hybridized carbons (Fsp3) is 0. The molecule has 0 N–H and O–H groups in total. The maximum atomic E-state index is 0.926. The highest BCUT2D eigenvalue weighted by Gasteiger charge is 3.01. The van der Waals surface area contributed by atoms with E-state index in [1.165, 1.54) is 0 Å². The number of fused-ring (bicyclic) bond motifs is 15. The first kappa shape index (κ1) is 5.15. The minimum absolute atomic E-state index is 0.926. The minimum atomic E-state index is 0.926. The van der Waals surface area contributed by atoms with E-state index in [-0.39, 0.29) is 0 Å². The van der Waals surface area contributed by atoms with Crippen LogP contribution in [0.25, 0.3) is 0 Å². The molecule has 10 heavy (non-hydrogen) atoms. The molecule has 0 aromatic carbocycles. The summed E-state index contributed by atoms with van der Waals surface area (Å²) < 4.78 is 0. The summed E-state index contributed by atoms with van der Waals surface area (Å²) in [5.74, 6) is 0. The van der Waals surface area contributed by atoms with E-state index in [9.17, 15) is 0 Å². The Balaban J connectivity index is 1.89. The van der Waals surface area contributed by atoms with Crippen LogP contribution in [0, 0.1) is 0 Å². The zero-order chi connectivity index (χ0) is 5.77. The molecule has 10 radical (unpaired) electrons. The number of hydrogen-bond acceptors (Lipinski definition) is 0. The van der Waals surface area contributed by atoms with Crippen LogP contribution in [-0.2, 0) is 0 Å². The molecule has 0 unspecified atom stereocenters. The molecule has 0 aromatic heterocycles. The van der Waals surface area contributed by atoms with Crippen molar-refractivity contribution in [1.82, 2.24) is 0 Å². The lowest BCUT2D eigenvalue weighted by Crippen LogP contribution is -3.00. The van der Waals surface area contributed by atoms with Gasteiger partial charge in [-0.3, -0.25) is 0 Å². The van der Waals surface area contributed by atoms with Gasteiger partial charge in [0.2, 0.25) is 0 Å².